The van der Waals surface area contributed by atoms with Crippen LogP contribution < -0.4 is 5.32 Å². The van der Waals surface area contributed by atoms with Gasteiger partial charge in [0.05, 0.1) is 5.56 Å². The molecule has 0 bridgehead atoms. The molecule has 3 heteroatoms. The van der Waals surface area contributed by atoms with Gasteiger partial charge in [-0.05, 0) is 36.3 Å². The summed E-state index contributed by atoms with van der Waals surface area (Å²) in [6, 6.07) is 7.21. The van der Waals surface area contributed by atoms with Gasteiger partial charge >= 0.3 is 5.97 Å². The molecule has 0 unspecified atom stereocenters. The van der Waals surface area contributed by atoms with E-state index in [0.29, 0.717) is 17.5 Å². The van der Waals surface area contributed by atoms with Crippen LogP contribution in [0.25, 0.3) is 0 Å². The fraction of sp³-hybridized carbons (Fsp3) is 0.533. The fourth-order valence-corrected chi connectivity index (χ4v) is 2.68. The minimum absolute atomic E-state index is 0.407. The SMILES string of the molecule is CCC1(CNCc2ccccc2C(=O)O)CCC1. The Morgan fingerprint density at radius 1 is 1.39 bits per heavy atom. The number of nitrogens with one attached hydrogen (secondary N) is 1. The van der Waals surface area contributed by atoms with Gasteiger partial charge in [-0.15, -0.1) is 0 Å². The van der Waals surface area contributed by atoms with E-state index in [1.807, 2.05) is 12.1 Å². The van der Waals surface area contributed by atoms with Crippen molar-refractivity contribution in [2.45, 2.75) is 39.2 Å². The third-order valence-electron chi connectivity index (χ3n) is 4.23. The Morgan fingerprint density at radius 3 is 2.67 bits per heavy atom. The van der Waals surface area contributed by atoms with Crippen LogP contribution in [0, 0.1) is 5.41 Å². The van der Waals surface area contributed by atoms with Crippen LogP contribution in [0.4, 0.5) is 0 Å². The molecular weight excluding hydrogens is 226 g/mol. The lowest BCUT2D eigenvalue weighted by Gasteiger charge is -2.41. The zero-order valence-electron chi connectivity index (χ0n) is 10.9. The van der Waals surface area contributed by atoms with E-state index >= 15 is 0 Å². The first-order chi connectivity index (χ1) is 8.67. The molecule has 2 rings (SSSR count). The summed E-state index contributed by atoms with van der Waals surface area (Å²) in [7, 11) is 0. The van der Waals surface area contributed by atoms with Gasteiger partial charge in [-0.25, -0.2) is 4.79 Å². The molecule has 98 valence electrons. The maximum Gasteiger partial charge on any atom is 0.336 e. The minimum atomic E-state index is -0.846. The number of carboxylic acids is 1. The number of hydrogen-bond acceptors (Lipinski definition) is 2. The molecule has 0 spiro atoms. The van der Waals surface area contributed by atoms with Crippen LogP contribution in [0.15, 0.2) is 24.3 Å². The highest BCUT2D eigenvalue weighted by molar-refractivity contribution is 5.89. The van der Waals surface area contributed by atoms with Crippen molar-refractivity contribution >= 4 is 5.97 Å². The van der Waals surface area contributed by atoms with Gasteiger partial charge < -0.3 is 10.4 Å². The lowest BCUT2D eigenvalue weighted by molar-refractivity contribution is 0.0695. The van der Waals surface area contributed by atoms with E-state index < -0.39 is 5.97 Å². The largest absolute Gasteiger partial charge is 0.478 e. The quantitative estimate of drug-likeness (QED) is 0.812. The maximum absolute atomic E-state index is 11.1. The van der Waals surface area contributed by atoms with Crippen LogP contribution in [0.2, 0.25) is 0 Å². The molecule has 1 aromatic rings. The molecule has 0 aromatic heterocycles. The topological polar surface area (TPSA) is 49.3 Å². The second kappa shape index (κ2) is 5.53. The Balaban J connectivity index is 1.92. The van der Waals surface area contributed by atoms with E-state index in [1.54, 1.807) is 12.1 Å². The first-order valence-corrected chi connectivity index (χ1v) is 6.69. The van der Waals surface area contributed by atoms with Crippen molar-refractivity contribution < 1.29 is 9.90 Å². The zero-order valence-corrected chi connectivity index (χ0v) is 10.9. The number of benzene rings is 1. The summed E-state index contributed by atoms with van der Waals surface area (Å²) in [4.78, 5) is 11.1. The molecule has 0 heterocycles. The first-order valence-electron chi connectivity index (χ1n) is 6.69. The number of carboxylic acid groups (broad SMARTS) is 1. The van der Waals surface area contributed by atoms with Crippen LogP contribution in [0.5, 0.6) is 0 Å². The standard InChI is InChI=1S/C15H21NO2/c1-2-15(8-5-9-15)11-16-10-12-6-3-4-7-13(12)14(17)18/h3-4,6-7,16H,2,5,8-11H2,1H3,(H,17,18). The van der Waals surface area contributed by atoms with Crippen LogP contribution >= 0.6 is 0 Å². The van der Waals surface area contributed by atoms with Crippen molar-refractivity contribution in [3.8, 4) is 0 Å². The summed E-state index contributed by atoms with van der Waals surface area (Å²) in [5.74, 6) is -0.846. The molecule has 1 aliphatic rings. The van der Waals surface area contributed by atoms with E-state index in [4.69, 9.17) is 5.11 Å². The zero-order chi connectivity index (χ0) is 13.0. The summed E-state index contributed by atoms with van der Waals surface area (Å²) >= 11 is 0. The third-order valence-corrected chi connectivity index (χ3v) is 4.23. The highest BCUT2D eigenvalue weighted by Gasteiger charge is 2.34. The maximum atomic E-state index is 11.1. The average molecular weight is 247 g/mol. The summed E-state index contributed by atoms with van der Waals surface area (Å²) in [6.45, 7) is 3.88. The molecular formula is C15H21NO2. The summed E-state index contributed by atoms with van der Waals surface area (Å²) in [6.07, 6.45) is 5.15. The highest BCUT2D eigenvalue weighted by atomic mass is 16.4. The molecule has 18 heavy (non-hydrogen) atoms. The van der Waals surface area contributed by atoms with Crippen LogP contribution in [0.1, 0.15) is 48.5 Å². The molecule has 1 saturated carbocycles. The van der Waals surface area contributed by atoms with E-state index in [-0.39, 0.29) is 0 Å². The van der Waals surface area contributed by atoms with Crippen molar-refractivity contribution in [3.63, 3.8) is 0 Å². The molecule has 0 saturated heterocycles. The van der Waals surface area contributed by atoms with Gasteiger partial charge in [-0.2, -0.15) is 0 Å². The fourth-order valence-electron chi connectivity index (χ4n) is 2.68. The lowest BCUT2D eigenvalue weighted by atomic mass is 9.67. The molecule has 1 aromatic carbocycles. The minimum Gasteiger partial charge on any atom is -0.478 e. The molecule has 1 aliphatic carbocycles. The predicted octanol–water partition coefficient (Wildman–Crippen LogP) is 3.05. The van der Waals surface area contributed by atoms with Gasteiger partial charge in [0.15, 0.2) is 0 Å². The Hall–Kier alpha value is -1.35. The van der Waals surface area contributed by atoms with Crippen molar-refractivity contribution in [1.82, 2.24) is 5.32 Å². The first kappa shape index (κ1) is 13.1. The number of aromatic carboxylic acids is 1. The highest BCUT2D eigenvalue weighted by Crippen LogP contribution is 2.43. The molecule has 0 atom stereocenters. The second-order valence-electron chi connectivity index (χ2n) is 5.27. The smallest absolute Gasteiger partial charge is 0.336 e. The van der Waals surface area contributed by atoms with Crippen molar-refractivity contribution in [1.29, 1.82) is 0 Å². The number of rotatable bonds is 6. The number of hydrogen-bond donors (Lipinski definition) is 2. The summed E-state index contributed by atoms with van der Waals surface area (Å²) < 4.78 is 0. The number of carbonyl (C=O) groups is 1. The molecule has 2 N–H and O–H groups in total. The molecule has 1 fully saturated rings. The van der Waals surface area contributed by atoms with Crippen molar-refractivity contribution in [2.75, 3.05) is 6.54 Å². The lowest BCUT2D eigenvalue weighted by Crippen LogP contribution is -2.39. The summed E-state index contributed by atoms with van der Waals surface area (Å²) in [5, 5.41) is 12.5. The molecule has 0 amide bonds. The van der Waals surface area contributed by atoms with Gasteiger partial charge in [-0.1, -0.05) is 31.5 Å². The molecule has 0 radical (unpaired) electrons. The van der Waals surface area contributed by atoms with Crippen LogP contribution in [0.3, 0.4) is 0 Å². The predicted molar refractivity (Wildman–Crippen MR) is 71.7 cm³/mol. The van der Waals surface area contributed by atoms with Crippen molar-refractivity contribution in [2.24, 2.45) is 5.41 Å². The third kappa shape index (κ3) is 2.72. The van der Waals surface area contributed by atoms with E-state index in [0.717, 1.165) is 12.1 Å². The van der Waals surface area contributed by atoms with Gasteiger partial charge in [0.2, 0.25) is 0 Å². The van der Waals surface area contributed by atoms with Crippen molar-refractivity contribution in [3.05, 3.63) is 35.4 Å². The monoisotopic (exact) mass is 247 g/mol. The van der Waals surface area contributed by atoms with E-state index in [2.05, 4.69) is 12.2 Å². The average Bonchev–Trinajstić information content (AvgIpc) is 2.33. The van der Waals surface area contributed by atoms with Gasteiger partial charge in [0, 0.05) is 13.1 Å². The Morgan fingerprint density at radius 2 is 2.11 bits per heavy atom. The van der Waals surface area contributed by atoms with E-state index in [1.165, 1.54) is 25.7 Å². The Labute approximate surface area is 108 Å². The second-order valence-corrected chi connectivity index (χ2v) is 5.27. The summed E-state index contributed by atoms with van der Waals surface area (Å²) in [5.41, 5.74) is 1.75. The van der Waals surface area contributed by atoms with Gasteiger partial charge in [0.25, 0.3) is 0 Å². The van der Waals surface area contributed by atoms with E-state index in [9.17, 15) is 4.79 Å². The Bertz CT molecular complexity index is 419. The van der Waals surface area contributed by atoms with Crippen LogP contribution in [-0.4, -0.2) is 17.6 Å². The van der Waals surface area contributed by atoms with Gasteiger partial charge in [-0.3, -0.25) is 0 Å². The Kier molecular flexibility index (Phi) is 4.02. The van der Waals surface area contributed by atoms with Crippen LogP contribution in [-0.2, 0) is 6.54 Å². The normalized spacial score (nSPS) is 17.2. The molecule has 3 nitrogen and oxygen atoms in total. The van der Waals surface area contributed by atoms with Gasteiger partial charge in [0.1, 0.15) is 0 Å². The molecule has 0 aliphatic heterocycles.